The maximum atomic E-state index is 12.6. The third-order valence-electron chi connectivity index (χ3n) is 4.68. The SMILES string of the molecule is CCc1cccc(C)c1N1CC(C(=O)Nc2cccc(Cl)c2Cl)CC1=O. The number of nitrogens with one attached hydrogen (secondary N) is 1. The van der Waals surface area contributed by atoms with Crippen LogP contribution in [0.15, 0.2) is 36.4 Å². The van der Waals surface area contributed by atoms with Crippen molar-refractivity contribution in [3.05, 3.63) is 57.6 Å². The number of para-hydroxylation sites is 1. The Morgan fingerprint density at radius 1 is 1.23 bits per heavy atom. The highest BCUT2D eigenvalue weighted by molar-refractivity contribution is 6.44. The zero-order valence-electron chi connectivity index (χ0n) is 14.7. The van der Waals surface area contributed by atoms with Gasteiger partial charge in [0.25, 0.3) is 0 Å². The molecule has 0 aliphatic carbocycles. The normalized spacial score (nSPS) is 16.8. The highest BCUT2D eigenvalue weighted by Gasteiger charge is 2.36. The Morgan fingerprint density at radius 3 is 2.69 bits per heavy atom. The average molecular weight is 391 g/mol. The fraction of sp³-hybridized carbons (Fsp3) is 0.300. The van der Waals surface area contributed by atoms with E-state index in [1.165, 1.54) is 0 Å². The van der Waals surface area contributed by atoms with E-state index in [1.807, 2.05) is 25.1 Å². The van der Waals surface area contributed by atoms with Crippen LogP contribution >= 0.6 is 23.2 Å². The topological polar surface area (TPSA) is 49.4 Å². The predicted molar refractivity (Wildman–Crippen MR) is 106 cm³/mol. The first kappa shape index (κ1) is 18.7. The van der Waals surface area contributed by atoms with Gasteiger partial charge in [-0.25, -0.2) is 0 Å². The van der Waals surface area contributed by atoms with E-state index in [2.05, 4.69) is 12.2 Å². The average Bonchev–Trinajstić information content (AvgIpc) is 3.00. The van der Waals surface area contributed by atoms with Crippen molar-refractivity contribution >= 4 is 46.4 Å². The molecule has 2 aromatic carbocycles. The maximum absolute atomic E-state index is 12.6. The molecule has 0 saturated carbocycles. The standard InChI is InChI=1S/C20H20Cl2N2O2/c1-3-13-7-4-6-12(2)19(13)24-11-14(10-17(24)25)20(26)23-16-9-5-8-15(21)18(16)22/h4-9,14H,3,10-11H2,1-2H3,(H,23,26). The zero-order chi connectivity index (χ0) is 18.8. The fourth-order valence-electron chi connectivity index (χ4n) is 3.33. The Labute approximate surface area is 163 Å². The van der Waals surface area contributed by atoms with E-state index in [4.69, 9.17) is 23.2 Å². The van der Waals surface area contributed by atoms with Gasteiger partial charge in [0.2, 0.25) is 11.8 Å². The fourth-order valence-corrected chi connectivity index (χ4v) is 3.67. The molecule has 2 aromatic rings. The summed E-state index contributed by atoms with van der Waals surface area (Å²) in [6.45, 7) is 4.41. The molecule has 1 unspecified atom stereocenters. The lowest BCUT2D eigenvalue weighted by molar-refractivity contribution is -0.122. The van der Waals surface area contributed by atoms with Crippen molar-refractivity contribution in [1.29, 1.82) is 0 Å². The second-order valence-corrected chi connectivity index (χ2v) is 7.22. The summed E-state index contributed by atoms with van der Waals surface area (Å²) in [7, 11) is 0. The first-order valence-electron chi connectivity index (χ1n) is 8.56. The number of hydrogen-bond acceptors (Lipinski definition) is 2. The number of rotatable bonds is 4. The molecule has 4 nitrogen and oxygen atoms in total. The van der Waals surface area contributed by atoms with Gasteiger partial charge in [-0.15, -0.1) is 0 Å². The van der Waals surface area contributed by atoms with Crippen LogP contribution in [-0.4, -0.2) is 18.4 Å². The van der Waals surface area contributed by atoms with Gasteiger partial charge in [-0.3, -0.25) is 9.59 Å². The molecule has 3 rings (SSSR count). The number of benzene rings is 2. The van der Waals surface area contributed by atoms with Crippen molar-refractivity contribution in [3.8, 4) is 0 Å². The highest BCUT2D eigenvalue weighted by atomic mass is 35.5. The number of halogens is 2. The number of nitrogens with zero attached hydrogens (tertiary/aromatic N) is 1. The van der Waals surface area contributed by atoms with Crippen molar-refractivity contribution < 1.29 is 9.59 Å². The van der Waals surface area contributed by atoms with Crippen molar-refractivity contribution in [1.82, 2.24) is 0 Å². The van der Waals surface area contributed by atoms with Gasteiger partial charge < -0.3 is 10.2 Å². The van der Waals surface area contributed by atoms with E-state index < -0.39 is 5.92 Å². The molecule has 0 bridgehead atoms. The first-order chi connectivity index (χ1) is 12.4. The second kappa shape index (κ2) is 7.68. The van der Waals surface area contributed by atoms with E-state index in [1.54, 1.807) is 23.1 Å². The first-order valence-corrected chi connectivity index (χ1v) is 9.31. The molecule has 1 N–H and O–H groups in total. The minimum atomic E-state index is -0.429. The molecule has 6 heteroatoms. The van der Waals surface area contributed by atoms with Gasteiger partial charge in [-0.1, -0.05) is 54.4 Å². The van der Waals surface area contributed by atoms with Crippen LogP contribution in [-0.2, 0) is 16.0 Å². The van der Waals surface area contributed by atoms with E-state index in [9.17, 15) is 9.59 Å². The number of hydrogen-bond donors (Lipinski definition) is 1. The smallest absolute Gasteiger partial charge is 0.229 e. The summed E-state index contributed by atoms with van der Waals surface area (Å²) in [5.74, 6) is -0.690. The summed E-state index contributed by atoms with van der Waals surface area (Å²) in [6.07, 6.45) is 1.01. The van der Waals surface area contributed by atoms with E-state index in [-0.39, 0.29) is 18.2 Å². The minimum Gasteiger partial charge on any atom is -0.324 e. The van der Waals surface area contributed by atoms with Gasteiger partial charge in [-0.2, -0.15) is 0 Å². The summed E-state index contributed by atoms with van der Waals surface area (Å²) in [6, 6.07) is 11.1. The van der Waals surface area contributed by atoms with E-state index in [0.29, 0.717) is 22.3 Å². The molecule has 0 aromatic heterocycles. The highest BCUT2D eigenvalue weighted by Crippen LogP contribution is 2.33. The number of amides is 2. The Kier molecular flexibility index (Phi) is 5.54. The van der Waals surface area contributed by atoms with Crippen LogP contribution in [0, 0.1) is 12.8 Å². The van der Waals surface area contributed by atoms with Gasteiger partial charge >= 0.3 is 0 Å². The van der Waals surface area contributed by atoms with Crippen molar-refractivity contribution in [2.75, 3.05) is 16.8 Å². The number of carbonyl (C=O) groups excluding carboxylic acids is 2. The van der Waals surface area contributed by atoms with E-state index in [0.717, 1.165) is 23.2 Å². The molecule has 0 spiro atoms. The molecular formula is C20H20Cl2N2O2. The molecule has 1 fully saturated rings. The third-order valence-corrected chi connectivity index (χ3v) is 5.50. The van der Waals surface area contributed by atoms with E-state index >= 15 is 0 Å². The van der Waals surface area contributed by atoms with Gasteiger partial charge in [0, 0.05) is 18.7 Å². The lowest BCUT2D eigenvalue weighted by Gasteiger charge is -2.22. The summed E-state index contributed by atoms with van der Waals surface area (Å²) < 4.78 is 0. The summed E-state index contributed by atoms with van der Waals surface area (Å²) in [4.78, 5) is 27.0. The largest absolute Gasteiger partial charge is 0.324 e. The molecule has 136 valence electrons. The summed E-state index contributed by atoms with van der Waals surface area (Å²) in [5, 5.41) is 3.47. The van der Waals surface area contributed by atoms with Crippen molar-refractivity contribution in [2.45, 2.75) is 26.7 Å². The van der Waals surface area contributed by atoms with Crippen LogP contribution in [0.25, 0.3) is 0 Å². The molecular weight excluding hydrogens is 371 g/mol. The molecule has 2 amide bonds. The van der Waals surface area contributed by atoms with Crippen LogP contribution < -0.4 is 10.2 Å². The van der Waals surface area contributed by atoms with Crippen molar-refractivity contribution in [2.24, 2.45) is 5.92 Å². The summed E-state index contributed by atoms with van der Waals surface area (Å²) in [5.41, 5.74) is 3.53. The van der Waals surface area contributed by atoms with Crippen LogP contribution in [0.5, 0.6) is 0 Å². The molecule has 1 heterocycles. The number of carbonyl (C=O) groups is 2. The molecule has 1 saturated heterocycles. The van der Waals surface area contributed by atoms with Gasteiger partial charge in [-0.05, 0) is 36.6 Å². The Balaban J connectivity index is 1.80. The zero-order valence-corrected chi connectivity index (χ0v) is 16.2. The van der Waals surface area contributed by atoms with Gasteiger partial charge in [0.05, 0.1) is 21.7 Å². The van der Waals surface area contributed by atoms with Crippen LogP contribution in [0.2, 0.25) is 10.0 Å². The molecule has 1 atom stereocenters. The Bertz CT molecular complexity index is 867. The monoisotopic (exact) mass is 390 g/mol. The quantitative estimate of drug-likeness (QED) is 0.810. The molecule has 1 aliphatic heterocycles. The maximum Gasteiger partial charge on any atom is 0.229 e. The lowest BCUT2D eigenvalue weighted by Crippen LogP contribution is -2.29. The Hall–Kier alpha value is -2.04. The summed E-state index contributed by atoms with van der Waals surface area (Å²) >= 11 is 12.1. The van der Waals surface area contributed by atoms with Crippen LogP contribution in [0.1, 0.15) is 24.5 Å². The van der Waals surface area contributed by atoms with Crippen molar-refractivity contribution in [3.63, 3.8) is 0 Å². The van der Waals surface area contributed by atoms with Crippen LogP contribution in [0.3, 0.4) is 0 Å². The Morgan fingerprint density at radius 2 is 1.96 bits per heavy atom. The van der Waals surface area contributed by atoms with Gasteiger partial charge in [0.15, 0.2) is 0 Å². The minimum absolute atomic E-state index is 0.0358. The second-order valence-electron chi connectivity index (χ2n) is 6.43. The molecule has 0 radical (unpaired) electrons. The third kappa shape index (κ3) is 3.57. The number of aryl methyl sites for hydroxylation is 2. The van der Waals surface area contributed by atoms with Gasteiger partial charge in [0.1, 0.15) is 0 Å². The van der Waals surface area contributed by atoms with Crippen LogP contribution in [0.4, 0.5) is 11.4 Å². The lowest BCUT2D eigenvalue weighted by atomic mass is 10.0. The molecule has 26 heavy (non-hydrogen) atoms. The number of anilines is 2. The predicted octanol–water partition coefficient (Wildman–Crippen LogP) is 4.86. The molecule has 1 aliphatic rings.